The molecule has 1 atom stereocenters. The lowest BCUT2D eigenvalue weighted by atomic mass is 10.1. The molecule has 0 radical (unpaired) electrons. The van der Waals surface area contributed by atoms with E-state index in [2.05, 4.69) is 9.88 Å². The standard InChI is InChI=1S/C15H18N2O3S/c1-10-16-6-12(21-10)7-17(2)8-13(18)11-3-4-14-15(5-11)20-9-19-14/h3-6,13,18H,7-9H2,1-2H3. The molecule has 1 aliphatic rings. The van der Waals surface area contributed by atoms with E-state index in [1.807, 2.05) is 38.4 Å². The number of nitrogens with zero attached hydrogens (tertiary/aromatic N) is 2. The van der Waals surface area contributed by atoms with Gasteiger partial charge < -0.3 is 14.6 Å². The molecule has 0 aliphatic carbocycles. The molecule has 21 heavy (non-hydrogen) atoms. The van der Waals surface area contributed by atoms with Gasteiger partial charge in [0.05, 0.1) is 11.1 Å². The molecule has 0 fully saturated rings. The highest BCUT2D eigenvalue weighted by Gasteiger charge is 2.17. The maximum Gasteiger partial charge on any atom is 0.231 e. The summed E-state index contributed by atoms with van der Waals surface area (Å²) in [6, 6.07) is 5.56. The number of fused-ring (bicyclic) bond motifs is 1. The van der Waals surface area contributed by atoms with Crippen molar-refractivity contribution in [2.75, 3.05) is 20.4 Å². The molecule has 1 N–H and O–H groups in total. The fourth-order valence-corrected chi connectivity index (χ4v) is 3.21. The number of aromatic nitrogens is 1. The molecular weight excluding hydrogens is 288 g/mol. The van der Waals surface area contributed by atoms with Crippen LogP contribution in [-0.2, 0) is 6.54 Å². The summed E-state index contributed by atoms with van der Waals surface area (Å²) in [6.07, 6.45) is 1.34. The van der Waals surface area contributed by atoms with Gasteiger partial charge in [-0.05, 0) is 31.7 Å². The third-order valence-corrected chi connectivity index (χ3v) is 4.26. The molecule has 0 saturated carbocycles. The van der Waals surface area contributed by atoms with Crippen molar-refractivity contribution in [1.29, 1.82) is 0 Å². The van der Waals surface area contributed by atoms with Crippen molar-refractivity contribution in [3.8, 4) is 11.5 Å². The quantitative estimate of drug-likeness (QED) is 0.919. The Balaban J connectivity index is 1.61. The molecule has 3 rings (SSSR count). The van der Waals surface area contributed by atoms with Gasteiger partial charge in [-0.25, -0.2) is 4.98 Å². The zero-order valence-electron chi connectivity index (χ0n) is 12.1. The molecule has 1 aliphatic heterocycles. The molecule has 0 spiro atoms. The van der Waals surface area contributed by atoms with E-state index in [4.69, 9.17) is 9.47 Å². The summed E-state index contributed by atoms with van der Waals surface area (Å²) in [5.74, 6) is 1.44. The number of aliphatic hydroxyl groups excluding tert-OH is 1. The van der Waals surface area contributed by atoms with Gasteiger partial charge in [-0.2, -0.15) is 0 Å². The van der Waals surface area contributed by atoms with Gasteiger partial charge >= 0.3 is 0 Å². The molecule has 2 aromatic rings. The summed E-state index contributed by atoms with van der Waals surface area (Å²) in [4.78, 5) is 7.53. The van der Waals surface area contributed by atoms with Crippen molar-refractivity contribution >= 4 is 11.3 Å². The number of aliphatic hydroxyl groups is 1. The minimum Gasteiger partial charge on any atom is -0.454 e. The SMILES string of the molecule is Cc1ncc(CN(C)CC(O)c2ccc3c(c2)OCO3)s1. The summed E-state index contributed by atoms with van der Waals surface area (Å²) in [6.45, 7) is 3.58. The molecule has 0 saturated heterocycles. The van der Waals surface area contributed by atoms with Gasteiger partial charge in [-0.1, -0.05) is 6.07 Å². The topological polar surface area (TPSA) is 54.8 Å². The van der Waals surface area contributed by atoms with Gasteiger partial charge in [0.15, 0.2) is 11.5 Å². The van der Waals surface area contributed by atoms with Crippen molar-refractivity contribution in [1.82, 2.24) is 9.88 Å². The van der Waals surface area contributed by atoms with E-state index in [-0.39, 0.29) is 6.79 Å². The smallest absolute Gasteiger partial charge is 0.231 e. The Morgan fingerprint density at radius 2 is 2.19 bits per heavy atom. The van der Waals surface area contributed by atoms with Crippen LogP contribution in [0.25, 0.3) is 0 Å². The van der Waals surface area contributed by atoms with Crippen LogP contribution in [0.4, 0.5) is 0 Å². The van der Waals surface area contributed by atoms with Crippen LogP contribution in [0, 0.1) is 6.92 Å². The van der Waals surface area contributed by atoms with Crippen molar-refractivity contribution in [2.45, 2.75) is 19.6 Å². The number of hydrogen-bond donors (Lipinski definition) is 1. The van der Waals surface area contributed by atoms with Crippen LogP contribution < -0.4 is 9.47 Å². The highest BCUT2D eigenvalue weighted by atomic mass is 32.1. The third kappa shape index (κ3) is 3.34. The van der Waals surface area contributed by atoms with Crippen LogP contribution in [0.5, 0.6) is 11.5 Å². The first-order chi connectivity index (χ1) is 10.1. The van der Waals surface area contributed by atoms with Gasteiger partial charge in [0.1, 0.15) is 0 Å². The molecule has 112 valence electrons. The Labute approximate surface area is 127 Å². The zero-order valence-corrected chi connectivity index (χ0v) is 12.9. The molecule has 0 bridgehead atoms. The van der Waals surface area contributed by atoms with E-state index in [1.54, 1.807) is 11.3 Å². The lowest BCUT2D eigenvalue weighted by Crippen LogP contribution is -2.23. The number of rotatable bonds is 5. The average Bonchev–Trinajstić information content (AvgIpc) is 3.06. The molecule has 1 unspecified atom stereocenters. The van der Waals surface area contributed by atoms with Gasteiger partial charge in [-0.15, -0.1) is 11.3 Å². The van der Waals surface area contributed by atoms with Crippen molar-refractivity contribution in [3.63, 3.8) is 0 Å². The van der Waals surface area contributed by atoms with Crippen LogP contribution in [0.15, 0.2) is 24.4 Å². The number of hydrogen-bond acceptors (Lipinski definition) is 6. The van der Waals surface area contributed by atoms with Gasteiger partial charge in [0, 0.05) is 24.2 Å². The van der Waals surface area contributed by atoms with Crippen molar-refractivity contribution in [2.24, 2.45) is 0 Å². The second-order valence-electron chi connectivity index (χ2n) is 5.17. The summed E-state index contributed by atoms with van der Waals surface area (Å²) in [5, 5.41) is 11.4. The monoisotopic (exact) mass is 306 g/mol. The number of aryl methyl sites for hydroxylation is 1. The first-order valence-electron chi connectivity index (χ1n) is 6.79. The molecule has 1 aromatic carbocycles. The number of ether oxygens (including phenoxy) is 2. The van der Waals surface area contributed by atoms with Crippen molar-refractivity contribution in [3.05, 3.63) is 39.8 Å². The maximum atomic E-state index is 10.4. The largest absolute Gasteiger partial charge is 0.454 e. The van der Waals surface area contributed by atoms with Crippen LogP contribution in [0.3, 0.4) is 0 Å². The van der Waals surface area contributed by atoms with Gasteiger partial charge in [-0.3, -0.25) is 4.90 Å². The highest BCUT2D eigenvalue weighted by Crippen LogP contribution is 2.34. The fraction of sp³-hybridized carbons (Fsp3) is 0.400. The number of likely N-dealkylation sites (N-methyl/N-ethyl adjacent to an activating group) is 1. The minimum absolute atomic E-state index is 0.250. The van der Waals surface area contributed by atoms with E-state index in [0.29, 0.717) is 12.3 Å². The lowest BCUT2D eigenvalue weighted by Gasteiger charge is -2.20. The Morgan fingerprint density at radius 3 is 2.95 bits per heavy atom. The van der Waals surface area contributed by atoms with E-state index < -0.39 is 6.10 Å². The Hall–Kier alpha value is -1.63. The molecule has 6 heteroatoms. The maximum absolute atomic E-state index is 10.4. The average molecular weight is 306 g/mol. The third-order valence-electron chi connectivity index (χ3n) is 3.36. The van der Waals surface area contributed by atoms with E-state index in [0.717, 1.165) is 22.9 Å². The second-order valence-corrected chi connectivity index (χ2v) is 6.49. The van der Waals surface area contributed by atoms with Gasteiger partial charge in [0.25, 0.3) is 0 Å². The zero-order chi connectivity index (χ0) is 14.8. The summed E-state index contributed by atoms with van der Waals surface area (Å²) in [7, 11) is 1.99. The first kappa shape index (κ1) is 14.3. The highest BCUT2D eigenvalue weighted by molar-refractivity contribution is 7.11. The fourth-order valence-electron chi connectivity index (χ4n) is 2.33. The van der Waals surface area contributed by atoms with Crippen LogP contribution >= 0.6 is 11.3 Å². The molecular formula is C15H18N2O3S. The minimum atomic E-state index is -0.557. The lowest BCUT2D eigenvalue weighted by molar-refractivity contribution is 0.124. The summed E-state index contributed by atoms with van der Waals surface area (Å²) in [5.41, 5.74) is 0.839. The van der Waals surface area contributed by atoms with Crippen molar-refractivity contribution < 1.29 is 14.6 Å². The molecule has 5 nitrogen and oxygen atoms in total. The van der Waals surface area contributed by atoms with Gasteiger partial charge in [0.2, 0.25) is 6.79 Å². The number of thiazole rings is 1. The number of benzene rings is 1. The first-order valence-corrected chi connectivity index (χ1v) is 7.61. The Morgan fingerprint density at radius 1 is 1.38 bits per heavy atom. The van der Waals surface area contributed by atoms with Crippen LogP contribution in [0.2, 0.25) is 0 Å². The van der Waals surface area contributed by atoms with Crippen LogP contribution in [0.1, 0.15) is 21.6 Å². The predicted molar refractivity (Wildman–Crippen MR) is 80.7 cm³/mol. The Kier molecular flexibility index (Phi) is 4.10. The van der Waals surface area contributed by atoms with Crippen LogP contribution in [-0.4, -0.2) is 35.4 Å². The van der Waals surface area contributed by atoms with E-state index in [1.165, 1.54) is 4.88 Å². The second kappa shape index (κ2) is 6.01. The molecule has 1 aromatic heterocycles. The summed E-state index contributed by atoms with van der Waals surface area (Å²) >= 11 is 1.68. The van der Waals surface area contributed by atoms with E-state index in [9.17, 15) is 5.11 Å². The normalized spacial score (nSPS) is 14.7. The Bertz CT molecular complexity index is 629. The molecule has 2 heterocycles. The summed E-state index contributed by atoms with van der Waals surface area (Å²) < 4.78 is 10.6. The molecule has 0 amide bonds. The van der Waals surface area contributed by atoms with E-state index >= 15 is 0 Å². The predicted octanol–water partition coefficient (Wildman–Crippen LogP) is 2.35.